The van der Waals surface area contributed by atoms with Crippen LogP contribution in [0.1, 0.15) is 122 Å². The number of carbonyl (C=O) groups excluding carboxylic acids is 2. The van der Waals surface area contributed by atoms with Gasteiger partial charge in [0.05, 0.1) is 11.1 Å². The molecule has 2 N–H and O–H groups in total. The van der Waals surface area contributed by atoms with Crippen molar-refractivity contribution >= 4 is 23.5 Å². The SMILES string of the molecule is CCC(c1ccccc1)[C@](CC)(c1ccc(C(=O)O)cc1)C(C)(C(C)=O)C(CC)(CC)CC(=O)c1ccc(C(=O)O)cc1. The number of hydrogen-bond donors (Lipinski definition) is 2. The Morgan fingerprint density at radius 2 is 1.14 bits per heavy atom. The summed E-state index contributed by atoms with van der Waals surface area (Å²) in [4.78, 5) is 51.6. The number of benzene rings is 3. The Kier molecular flexibility index (Phi) is 10.5. The predicted molar refractivity (Wildman–Crippen MR) is 169 cm³/mol. The summed E-state index contributed by atoms with van der Waals surface area (Å²) < 4.78 is 0. The zero-order valence-electron chi connectivity index (χ0n) is 26.1. The molecule has 3 aromatic rings. The van der Waals surface area contributed by atoms with Crippen LogP contribution in [0, 0.1) is 10.8 Å². The van der Waals surface area contributed by atoms with Gasteiger partial charge in [0.15, 0.2) is 5.78 Å². The highest BCUT2D eigenvalue weighted by Gasteiger charge is 2.64. The molecule has 0 amide bonds. The summed E-state index contributed by atoms with van der Waals surface area (Å²) in [6.45, 7) is 11.9. The lowest BCUT2D eigenvalue weighted by atomic mass is 9.41. The molecule has 0 aliphatic carbocycles. The summed E-state index contributed by atoms with van der Waals surface area (Å²) in [5.74, 6) is -2.37. The Labute approximate surface area is 255 Å². The van der Waals surface area contributed by atoms with Crippen molar-refractivity contribution in [3.63, 3.8) is 0 Å². The molecular formula is C37H44O6. The maximum absolute atomic E-state index is 14.4. The highest BCUT2D eigenvalue weighted by atomic mass is 16.4. The molecule has 0 aliphatic heterocycles. The van der Waals surface area contributed by atoms with Crippen molar-refractivity contribution in [2.75, 3.05) is 0 Å². The van der Waals surface area contributed by atoms with Gasteiger partial charge in [-0.05, 0) is 79.3 Å². The van der Waals surface area contributed by atoms with Gasteiger partial charge >= 0.3 is 11.9 Å². The van der Waals surface area contributed by atoms with Crippen LogP contribution in [0.15, 0.2) is 78.9 Å². The molecule has 2 unspecified atom stereocenters. The van der Waals surface area contributed by atoms with Gasteiger partial charge < -0.3 is 10.2 Å². The van der Waals surface area contributed by atoms with E-state index < -0.39 is 28.2 Å². The molecule has 0 fully saturated rings. The van der Waals surface area contributed by atoms with Crippen LogP contribution in [0.5, 0.6) is 0 Å². The Bertz CT molecular complexity index is 1440. The molecule has 0 saturated carbocycles. The molecule has 0 heterocycles. The van der Waals surface area contributed by atoms with E-state index in [1.165, 1.54) is 12.1 Å². The maximum Gasteiger partial charge on any atom is 0.335 e. The molecule has 6 nitrogen and oxygen atoms in total. The summed E-state index contributed by atoms with van der Waals surface area (Å²) in [6.07, 6.45) is 2.50. The first kappa shape index (κ1) is 33.4. The third-order valence-electron chi connectivity index (χ3n) is 10.4. The first-order valence-electron chi connectivity index (χ1n) is 15.1. The van der Waals surface area contributed by atoms with Gasteiger partial charge in [0.2, 0.25) is 0 Å². The minimum atomic E-state index is -1.06. The predicted octanol–water partition coefficient (Wildman–Crippen LogP) is 8.60. The monoisotopic (exact) mass is 584 g/mol. The molecule has 0 radical (unpaired) electrons. The van der Waals surface area contributed by atoms with Gasteiger partial charge in [-0.25, -0.2) is 9.59 Å². The van der Waals surface area contributed by atoms with Crippen LogP contribution >= 0.6 is 0 Å². The molecular weight excluding hydrogens is 540 g/mol. The lowest BCUT2D eigenvalue weighted by Gasteiger charge is -2.61. The van der Waals surface area contributed by atoms with Gasteiger partial charge in [-0.2, -0.15) is 0 Å². The molecule has 3 aromatic carbocycles. The quantitative estimate of drug-likeness (QED) is 0.173. The zero-order chi connectivity index (χ0) is 32.0. The Morgan fingerprint density at radius 3 is 1.53 bits per heavy atom. The number of carboxylic acid groups (broad SMARTS) is 2. The van der Waals surface area contributed by atoms with Gasteiger partial charge in [0, 0.05) is 22.8 Å². The van der Waals surface area contributed by atoms with Gasteiger partial charge in [-0.3, -0.25) is 9.59 Å². The number of rotatable bonds is 15. The summed E-state index contributed by atoms with van der Waals surface area (Å²) in [5, 5.41) is 19.0. The first-order valence-corrected chi connectivity index (χ1v) is 15.1. The number of carboxylic acids is 2. The second kappa shape index (κ2) is 13.5. The zero-order valence-corrected chi connectivity index (χ0v) is 26.1. The fourth-order valence-corrected chi connectivity index (χ4v) is 7.86. The van der Waals surface area contributed by atoms with E-state index >= 15 is 0 Å². The maximum atomic E-state index is 14.4. The Hall–Kier alpha value is -4.06. The number of Topliss-reactive ketones (excluding diaryl/α,β-unsaturated/α-hetero) is 2. The number of hydrogen-bond acceptors (Lipinski definition) is 4. The second-order valence-corrected chi connectivity index (χ2v) is 11.7. The number of ketones is 2. The number of carbonyl (C=O) groups is 4. The molecule has 3 atom stereocenters. The fourth-order valence-electron chi connectivity index (χ4n) is 7.86. The van der Waals surface area contributed by atoms with Crippen LogP contribution in [0.25, 0.3) is 0 Å². The van der Waals surface area contributed by atoms with Crippen molar-refractivity contribution < 1.29 is 29.4 Å². The van der Waals surface area contributed by atoms with Crippen molar-refractivity contribution in [2.24, 2.45) is 10.8 Å². The number of aromatic carboxylic acids is 2. The largest absolute Gasteiger partial charge is 0.478 e. The normalized spacial score (nSPS) is 15.1. The average Bonchev–Trinajstić information content (AvgIpc) is 3.02. The average molecular weight is 585 g/mol. The molecule has 43 heavy (non-hydrogen) atoms. The standard InChI is InChI=1S/C37H44O6/c1-7-31(26-14-12-11-13-15-26)37(10-4,30-22-20-29(21-23-30)34(42)43)35(6,25(5)38)36(8-2,9-3)24-32(39)27-16-18-28(19-17-27)33(40)41/h11-23,31H,7-10,24H2,1-6H3,(H,40,41)(H,42,43)/t31?,35?,37-/m0/s1. The minimum Gasteiger partial charge on any atom is -0.478 e. The molecule has 0 aromatic heterocycles. The van der Waals surface area contributed by atoms with Crippen LogP contribution in [0.2, 0.25) is 0 Å². The molecule has 3 rings (SSSR count). The van der Waals surface area contributed by atoms with Gasteiger partial charge in [-0.1, -0.05) is 89.2 Å². The minimum absolute atomic E-state index is 0.0243. The molecule has 0 bridgehead atoms. The van der Waals surface area contributed by atoms with E-state index in [1.54, 1.807) is 31.2 Å². The Balaban J connectivity index is 2.37. The van der Waals surface area contributed by atoms with Crippen LogP contribution in [-0.4, -0.2) is 33.7 Å². The van der Waals surface area contributed by atoms with E-state index in [0.29, 0.717) is 24.8 Å². The smallest absolute Gasteiger partial charge is 0.335 e. The van der Waals surface area contributed by atoms with E-state index in [0.717, 1.165) is 17.5 Å². The molecule has 0 spiro atoms. The van der Waals surface area contributed by atoms with E-state index in [4.69, 9.17) is 0 Å². The van der Waals surface area contributed by atoms with Crippen LogP contribution < -0.4 is 0 Å². The third kappa shape index (κ3) is 5.80. The lowest BCUT2D eigenvalue weighted by molar-refractivity contribution is -0.146. The molecule has 0 saturated heterocycles. The topological polar surface area (TPSA) is 109 Å². The van der Waals surface area contributed by atoms with Crippen LogP contribution in [-0.2, 0) is 10.2 Å². The molecule has 228 valence electrons. The van der Waals surface area contributed by atoms with Crippen molar-refractivity contribution in [2.45, 2.75) is 85.0 Å². The fraction of sp³-hybridized carbons (Fsp3) is 0.405. The Morgan fingerprint density at radius 1 is 0.674 bits per heavy atom. The van der Waals surface area contributed by atoms with Crippen LogP contribution in [0.3, 0.4) is 0 Å². The first-order chi connectivity index (χ1) is 20.4. The highest BCUT2D eigenvalue weighted by molar-refractivity contribution is 5.98. The van der Waals surface area contributed by atoms with Gasteiger partial charge in [0.25, 0.3) is 0 Å². The molecule has 0 aliphatic rings. The summed E-state index contributed by atoms with van der Waals surface area (Å²) in [7, 11) is 0. The van der Waals surface area contributed by atoms with Gasteiger partial charge in [0.1, 0.15) is 5.78 Å². The van der Waals surface area contributed by atoms with Crippen molar-refractivity contribution in [3.05, 3.63) is 107 Å². The van der Waals surface area contributed by atoms with Crippen molar-refractivity contribution in [3.8, 4) is 0 Å². The van der Waals surface area contributed by atoms with Crippen molar-refractivity contribution in [1.82, 2.24) is 0 Å². The lowest BCUT2D eigenvalue weighted by Crippen LogP contribution is -2.61. The second-order valence-electron chi connectivity index (χ2n) is 11.7. The van der Waals surface area contributed by atoms with Gasteiger partial charge in [-0.15, -0.1) is 0 Å². The van der Waals surface area contributed by atoms with E-state index in [-0.39, 0.29) is 35.0 Å². The van der Waals surface area contributed by atoms with E-state index in [1.807, 2.05) is 51.1 Å². The highest BCUT2D eigenvalue weighted by Crippen LogP contribution is 2.65. The van der Waals surface area contributed by atoms with Crippen molar-refractivity contribution in [1.29, 1.82) is 0 Å². The summed E-state index contributed by atoms with van der Waals surface area (Å²) in [5.41, 5.74) is 0.00250. The van der Waals surface area contributed by atoms with Crippen LogP contribution in [0.4, 0.5) is 0 Å². The van der Waals surface area contributed by atoms with E-state index in [9.17, 15) is 29.4 Å². The molecule has 6 heteroatoms. The summed E-state index contributed by atoms with van der Waals surface area (Å²) >= 11 is 0. The third-order valence-corrected chi connectivity index (χ3v) is 10.4. The van der Waals surface area contributed by atoms with E-state index in [2.05, 4.69) is 26.0 Å². The summed E-state index contributed by atoms with van der Waals surface area (Å²) in [6, 6.07) is 23.0.